The Balaban J connectivity index is 2.03. The molecule has 0 spiro atoms. The van der Waals surface area contributed by atoms with Crippen LogP contribution in [-0.2, 0) is 4.74 Å². The Morgan fingerprint density at radius 3 is 2.59 bits per heavy atom. The van der Waals surface area contributed by atoms with Crippen LogP contribution in [-0.4, -0.2) is 42.5 Å². The molecular weight excluding hydrogens is 291 g/mol. The second-order valence-corrected chi connectivity index (χ2v) is 4.85. The van der Waals surface area contributed by atoms with Gasteiger partial charge < -0.3 is 24.5 Å². The number of rotatable bonds is 3. The predicted octanol–water partition coefficient (Wildman–Crippen LogP) is 2.71. The Bertz CT molecular complexity index is 663. The zero-order chi connectivity index (χ0) is 15.5. The first-order valence-corrected chi connectivity index (χ1v) is 6.86. The van der Waals surface area contributed by atoms with Gasteiger partial charge in [-0.15, -0.1) is 0 Å². The van der Waals surface area contributed by atoms with Crippen molar-refractivity contribution in [3.05, 3.63) is 36.3 Å². The highest BCUT2D eigenvalue weighted by atomic mass is 19.1. The predicted molar refractivity (Wildman–Crippen MR) is 77.9 cm³/mol. The average Bonchev–Trinajstić information content (AvgIpc) is 2.91. The van der Waals surface area contributed by atoms with Gasteiger partial charge in [0.1, 0.15) is 11.5 Å². The first-order chi connectivity index (χ1) is 10.6. The molecule has 0 amide bonds. The summed E-state index contributed by atoms with van der Waals surface area (Å²) in [6, 6.07) is 6.02. The van der Waals surface area contributed by atoms with E-state index < -0.39 is 6.16 Å². The fourth-order valence-corrected chi connectivity index (χ4v) is 2.51. The van der Waals surface area contributed by atoms with Crippen molar-refractivity contribution < 1.29 is 23.8 Å². The van der Waals surface area contributed by atoms with E-state index >= 15 is 0 Å². The quantitative estimate of drug-likeness (QED) is 0.853. The van der Waals surface area contributed by atoms with E-state index in [0.29, 0.717) is 32.0 Å². The van der Waals surface area contributed by atoms with Crippen molar-refractivity contribution in [3.8, 4) is 17.0 Å². The Kier molecular flexibility index (Phi) is 3.97. The second kappa shape index (κ2) is 6.07. The second-order valence-electron chi connectivity index (χ2n) is 4.85. The number of benzene rings is 1. The maximum absolute atomic E-state index is 13.1. The van der Waals surface area contributed by atoms with Gasteiger partial charge in [-0.2, -0.15) is 0 Å². The van der Waals surface area contributed by atoms with Gasteiger partial charge in [0.25, 0.3) is 0 Å². The van der Waals surface area contributed by atoms with Gasteiger partial charge >= 0.3 is 6.16 Å². The molecule has 1 fully saturated rings. The van der Waals surface area contributed by atoms with Crippen LogP contribution in [0.25, 0.3) is 11.1 Å². The third kappa shape index (κ3) is 2.89. The number of morpholine rings is 1. The van der Waals surface area contributed by atoms with E-state index in [1.165, 1.54) is 12.1 Å². The highest BCUT2D eigenvalue weighted by molar-refractivity contribution is 5.84. The summed E-state index contributed by atoms with van der Waals surface area (Å²) in [4.78, 5) is 15.7. The first kappa shape index (κ1) is 14.4. The van der Waals surface area contributed by atoms with Crippen LogP contribution < -0.4 is 9.64 Å². The number of anilines is 1. The van der Waals surface area contributed by atoms with Crippen LogP contribution in [0.15, 0.2) is 30.5 Å². The van der Waals surface area contributed by atoms with Gasteiger partial charge in [-0.25, -0.2) is 9.18 Å². The molecule has 1 aliphatic heterocycles. The fourth-order valence-electron chi connectivity index (χ4n) is 2.51. The molecule has 7 heteroatoms. The number of carbonyl (C=O) groups is 1. The Labute approximate surface area is 126 Å². The van der Waals surface area contributed by atoms with E-state index in [0.717, 1.165) is 11.1 Å². The summed E-state index contributed by atoms with van der Waals surface area (Å²) >= 11 is 0. The monoisotopic (exact) mass is 306 g/mol. The summed E-state index contributed by atoms with van der Waals surface area (Å²) in [6.45, 7) is 2.37. The summed E-state index contributed by atoms with van der Waals surface area (Å²) in [6.07, 6.45) is 0.276. The minimum absolute atomic E-state index is 0.161. The summed E-state index contributed by atoms with van der Waals surface area (Å²) < 4.78 is 23.2. The summed E-state index contributed by atoms with van der Waals surface area (Å²) in [5, 5.41) is 8.87. The van der Waals surface area contributed by atoms with Gasteiger partial charge in [-0.05, 0) is 17.7 Å². The molecule has 2 heterocycles. The van der Waals surface area contributed by atoms with Crippen molar-refractivity contribution in [1.29, 1.82) is 0 Å². The lowest BCUT2D eigenvalue weighted by Crippen LogP contribution is -2.36. The summed E-state index contributed by atoms with van der Waals surface area (Å²) in [5.74, 6) is -0.164. The molecule has 0 aliphatic carbocycles. The van der Waals surface area contributed by atoms with Crippen molar-refractivity contribution in [1.82, 2.24) is 4.98 Å². The van der Waals surface area contributed by atoms with Gasteiger partial charge in [-0.3, -0.25) is 0 Å². The van der Waals surface area contributed by atoms with Crippen molar-refractivity contribution in [2.24, 2.45) is 0 Å². The van der Waals surface area contributed by atoms with Crippen LogP contribution in [0.4, 0.5) is 14.9 Å². The molecular formula is C15H15FN2O4. The molecule has 22 heavy (non-hydrogen) atoms. The lowest BCUT2D eigenvalue weighted by molar-refractivity contribution is 0.122. The first-order valence-electron chi connectivity index (χ1n) is 6.86. The molecule has 2 aromatic rings. The maximum Gasteiger partial charge on any atom is 0.512 e. The van der Waals surface area contributed by atoms with Crippen molar-refractivity contribution in [2.75, 3.05) is 31.2 Å². The molecule has 0 radical (unpaired) electrons. The smallest absolute Gasteiger partial charge is 0.449 e. The number of ether oxygens (including phenoxy) is 2. The number of hydrogen-bond acceptors (Lipinski definition) is 4. The fraction of sp³-hybridized carbons (Fsp3) is 0.267. The molecule has 0 atom stereocenters. The third-order valence-corrected chi connectivity index (χ3v) is 3.49. The molecule has 116 valence electrons. The minimum atomic E-state index is -1.39. The van der Waals surface area contributed by atoms with E-state index in [1.54, 1.807) is 18.3 Å². The number of H-pyrrole nitrogens is 1. The van der Waals surface area contributed by atoms with Gasteiger partial charge in [0, 0.05) is 24.8 Å². The zero-order valence-electron chi connectivity index (χ0n) is 11.7. The van der Waals surface area contributed by atoms with Crippen LogP contribution in [0, 0.1) is 5.82 Å². The Morgan fingerprint density at radius 2 is 1.95 bits per heavy atom. The van der Waals surface area contributed by atoms with E-state index in [9.17, 15) is 9.18 Å². The molecule has 1 saturated heterocycles. The van der Waals surface area contributed by atoms with E-state index in [4.69, 9.17) is 14.6 Å². The molecule has 2 N–H and O–H groups in total. The third-order valence-electron chi connectivity index (χ3n) is 3.49. The number of aromatic amines is 1. The summed E-state index contributed by atoms with van der Waals surface area (Å²) in [7, 11) is 0. The van der Waals surface area contributed by atoms with Crippen LogP contribution in [0.5, 0.6) is 5.88 Å². The molecule has 0 bridgehead atoms. The molecule has 1 aliphatic rings. The molecule has 0 unspecified atom stereocenters. The number of aromatic nitrogens is 1. The number of nitrogens with one attached hydrogen (secondary N) is 1. The molecule has 3 rings (SSSR count). The van der Waals surface area contributed by atoms with Gasteiger partial charge in [0.05, 0.1) is 13.2 Å². The van der Waals surface area contributed by atoms with Crippen molar-refractivity contribution in [2.45, 2.75) is 0 Å². The average molecular weight is 306 g/mol. The molecule has 1 aromatic heterocycles. The minimum Gasteiger partial charge on any atom is -0.449 e. The van der Waals surface area contributed by atoms with Gasteiger partial charge in [-0.1, -0.05) is 12.1 Å². The topological polar surface area (TPSA) is 74.8 Å². The van der Waals surface area contributed by atoms with Crippen LogP contribution in [0.1, 0.15) is 0 Å². The summed E-state index contributed by atoms with van der Waals surface area (Å²) in [5.41, 5.74) is 2.19. The normalized spacial score (nSPS) is 14.9. The number of carboxylic acid groups (broad SMARTS) is 1. The standard InChI is InChI=1S/C15H15FN2O4/c16-11-3-1-10(2-4-11)12-9-17-14(22-15(19)20)13(12)18-5-7-21-8-6-18/h1-4,9,17H,5-8H2,(H,19,20). The Morgan fingerprint density at radius 1 is 1.27 bits per heavy atom. The van der Waals surface area contributed by atoms with E-state index in [-0.39, 0.29) is 11.7 Å². The van der Waals surface area contributed by atoms with Crippen molar-refractivity contribution in [3.63, 3.8) is 0 Å². The largest absolute Gasteiger partial charge is 0.512 e. The van der Waals surface area contributed by atoms with Crippen LogP contribution in [0.3, 0.4) is 0 Å². The van der Waals surface area contributed by atoms with Gasteiger partial charge in [0.2, 0.25) is 5.88 Å². The van der Waals surface area contributed by atoms with Gasteiger partial charge in [0.15, 0.2) is 0 Å². The zero-order valence-corrected chi connectivity index (χ0v) is 11.7. The van der Waals surface area contributed by atoms with E-state index in [1.807, 2.05) is 4.90 Å². The lowest BCUT2D eigenvalue weighted by Gasteiger charge is -2.29. The number of hydrogen-bond donors (Lipinski definition) is 2. The Hall–Kier alpha value is -2.54. The van der Waals surface area contributed by atoms with Crippen molar-refractivity contribution >= 4 is 11.8 Å². The number of nitrogens with zero attached hydrogens (tertiary/aromatic N) is 1. The SMILES string of the molecule is O=C(O)Oc1[nH]cc(-c2ccc(F)cc2)c1N1CCOCC1. The maximum atomic E-state index is 13.1. The molecule has 1 aromatic carbocycles. The van der Waals surface area contributed by atoms with Crippen LogP contribution in [0.2, 0.25) is 0 Å². The molecule has 6 nitrogen and oxygen atoms in total. The van der Waals surface area contributed by atoms with E-state index in [2.05, 4.69) is 4.98 Å². The van der Waals surface area contributed by atoms with Crippen LogP contribution >= 0.6 is 0 Å². The molecule has 0 saturated carbocycles. The lowest BCUT2D eigenvalue weighted by atomic mass is 10.1. The highest BCUT2D eigenvalue weighted by Gasteiger charge is 2.23. The highest BCUT2D eigenvalue weighted by Crippen LogP contribution is 2.39. The number of halogens is 1.